The van der Waals surface area contributed by atoms with Crippen LogP contribution in [-0.2, 0) is 11.3 Å². The largest absolute Gasteiger partial charge is 0.464 e. The van der Waals surface area contributed by atoms with Crippen molar-refractivity contribution in [3.63, 3.8) is 0 Å². The molecule has 128 valence electrons. The van der Waals surface area contributed by atoms with Gasteiger partial charge in [-0.25, -0.2) is 9.78 Å². The molecule has 2 aromatic rings. The van der Waals surface area contributed by atoms with Gasteiger partial charge >= 0.3 is 5.97 Å². The Hall–Kier alpha value is -2.37. The molecule has 1 aliphatic carbocycles. The quantitative estimate of drug-likeness (QED) is 0.871. The average Bonchev–Trinajstić information content (AvgIpc) is 2.96. The molecule has 2 aromatic heterocycles. The molecule has 24 heavy (non-hydrogen) atoms. The summed E-state index contributed by atoms with van der Waals surface area (Å²) in [6.45, 7) is 2.96. The Bertz CT molecular complexity index is 733. The number of ether oxygens (including phenoxy) is 1. The second-order valence-electron chi connectivity index (χ2n) is 6.45. The maximum Gasteiger partial charge on any atom is 0.357 e. The van der Waals surface area contributed by atoms with E-state index in [1.54, 1.807) is 12.3 Å². The molecule has 0 saturated heterocycles. The van der Waals surface area contributed by atoms with Crippen molar-refractivity contribution in [2.24, 2.45) is 5.92 Å². The van der Waals surface area contributed by atoms with E-state index in [4.69, 9.17) is 10.5 Å². The number of carbonyl (C=O) groups is 1. The number of hydrogen-bond acceptors (Lipinski definition) is 5. The van der Waals surface area contributed by atoms with Gasteiger partial charge in [0.1, 0.15) is 5.82 Å². The number of anilines is 1. The minimum atomic E-state index is -0.489. The minimum absolute atomic E-state index is 0.234. The fraction of sp³-hybridized carbons (Fsp3) is 0.500. The predicted molar refractivity (Wildman–Crippen MR) is 92.5 cm³/mol. The van der Waals surface area contributed by atoms with Gasteiger partial charge < -0.3 is 10.5 Å². The monoisotopic (exact) mass is 328 g/mol. The molecule has 0 spiro atoms. The summed E-state index contributed by atoms with van der Waals surface area (Å²) < 4.78 is 6.88. The van der Waals surface area contributed by atoms with Gasteiger partial charge in [0.15, 0.2) is 5.69 Å². The zero-order chi connectivity index (χ0) is 17.1. The summed E-state index contributed by atoms with van der Waals surface area (Å²) in [5, 5.41) is 4.54. The Morgan fingerprint density at radius 3 is 2.75 bits per heavy atom. The van der Waals surface area contributed by atoms with Gasteiger partial charge in [-0.2, -0.15) is 5.10 Å². The smallest absolute Gasteiger partial charge is 0.357 e. The van der Waals surface area contributed by atoms with E-state index in [-0.39, 0.29) is 5.69 Å². The lowest BCUT2D eigenvalue weighted by molar-refractivity contribution is 0.0595. The van der Waals surface area contributed by atoms with Crippen molar-refractivity contribution in [2.75, 3.05) is 12.8 Å². The second kappa shape index (κ2) is 7.03. The minimum Gasteiger partial charge on any atom is -0.464 e. The summed E-state index contributed by atoms with van der Waals surface area (Å²) in [6.07, 6.45) is 8.31. The van der Waals surface area contributed by atoms with E-state index in [1.165, 1.54) is 39.2 Å². The zero-order valence-electron chi connectivity index (χ0n) is 14.3. The van der Waals surface area contributed by atoms with Gasteiger partial charge in [0.05, 0.1) is 13.3 Å². The summed E-state index contributed by atoms with van der Waals surface area (Å²) in [6, 6.07) is 3.50. The first kappa shape index (κ1) is 16.5. The molecule has 6 heteroatoms. The Morgan fingerprint density at radius 1 is 1.29 bits per heavy atom. The number of nitrogens with two attached hydrogens (primary N) is 1. The Balaban J connectivity index is 1.92. The molecule has 2 heterocycles. The molecule has 0 aliphatic heterocycles. The maximum atomic E-state index is 12.0. The molecule has 6 nitrogen and oxygen atoms in total. The number of esters is 1. The molecule has 0 bridgehead atoms. The first-order valence-corrected chi connectivity index (χ1v) is 8.47. The number of pyridine rings is 1. The molecule has 1 saturated carbocycles. The molecule has 1 aliphatic rings. The van der Waals surface area contributed by atoms with Crippen LogP contribution in [0.1, 0.15) is 48.3 Å². The SMILES string of the molecule is COC(=O)c1nc(N)ccc1-c1cnn(CC2CCCCC2)c1C. The lowest BCUT2D eigenvalue weighted by atomic mass is 9.89. The highest BCUT2D eigenvalue weighted by molar-refractivity contribution is 5.95. The van der Waals surface area contributed by atoms with E-state index in [1.807, 2.05) is 17.7 Å². The second-order valence-corrected chi connectivity index (χ2v) is 6.45. The molecule has 0 amide bonds. The van der Waals surface area contributed by atoms with Crippen LogP contribution in [0.3, 0.4) is 0 Å². The van der Waals surface area contributed by atoms with Crippen molar-refractivity contribution in [3.05, 3.63) is 29.7 Å². The van der Waals surface area contributed by atoms with Gasteiger partial charge in [-0.3, -0.25) is 4.68 Å². The third-order valence-electron chi connectivity index (χ3n) is 4.84. The topological polar surface area (TPSA) is 83.0 Å². The standard InChI is InChI=1S/C18H24N4O2/c1-12-15(10-20-22(12)11-13-6-4-3-5-7-13)14-8-9-16(19)21-17(14)18(23)24-2/h8-10,13H,3-7,11H2,1-2H3,(H2,19,21). The van der Waals surface area contributed by atoms with Crippen molar-refractivity contribution in [1.82, 2.24) is 14.8 Å². The van der Waals surface area contributed by atoms with Crippen molar-refractivity contribution in [2.45, 2.75) is 45.6 Å². The molecule has 0 radical (unpaired) electrons. The summed E-state index contributed by atoms with van der Waals surface area (Å²) in [7, 11) is 1.34. The van der Waals surface area contributed by atoms with Crippen LogP contribution >= 0.6 is 0 Å². The van der Waals surface area contributed by atoms with E-state index in [0.29, 0.717) is 17.3 Å². The third kappa shape index (κ3) is 3.27. The highest BCUT2D eigenvalue weighted by Crippen LogP contribution is 2.29. The van der Waals surface area contributed by atoms with Gasteiger partial charge in [0.2, 0.25) is 0 Å². The number of methoxy groups -OCH3 is 1. The number of nitrogens with zero attached hydrogens (tertiary/aromatic N) is 3. The average molecular weight is 328 g/mol. The van der Waals surface area contributed by atoms with Crippen LogP contribution in [0.5, 0.6) is 0 Å². The summed E-state index contributed by atoms with van der Waals surface area (Å²) in [4.78, 5) is 16.2. The first-order valence-electron chi connectivity index (χ1n) is 8.47. The predicted octanol–water partition coefficient (Wildman–Crippen LogP) is 3.20. The van der Waals surface area contributed by atoms with Crippen LogP contribution in [0.4, 0.5) is 5.82 Å². The van der Waals surface area contributed by atoms with Crippen LogP contribution in [0.25, 0.3) is 11.1 Å². The van der Waals surface area contributed by atoms with Crippen LogP contribution < -0.4 is 5.73 Å². The number of rotatable bonds is 4. The van der Waals surface area contributed by atoms with E-state index in [0.717, 1.165) is 17.8 Å². The highest BCUT2D eigenvalue weighted by Gasteiger charge is 2.21. The molecule has 0 unspecified atom stereocenters. The van der Waals surface area contributed by atoms with Gasteiger partial charge in [-0.15, -0.1) is 0 Å². The molecular formula is C18H24N4O2. The number of nitrogen functional groups attached to an aromatic ring is 1. The Labute approximate surface area is 142 Å². The maximum absolute atomic E-state index is 12.0. The lowest BCUT2D eigenvalue weighted by Crippen LogP contribution is -2.16. The Morgan fingerprint density at radius 2 is 2.04 bits per heavy atom. The fourth-order valence-electron chi connectivity index (χ4n) is 3.45. The van der Waals surface area contributed by atoms with E-state index in [9.17, 15) is 4.79 Å². The number of carbonyl (C=O) groups excluding carboxylic acids is 1. The molecule has 3 rings (SSSR count). The van der Waals surface area contributed by atoms with Crippen molar-refractivity contribution < 1.29 is 9.53 Å². The molecule has 0 atom stereocenters. The van der Waals surface area contributed by atoms with E-state index in [2.05, 4.69) is 10.1 Å². The normalized spacial score (nSPS) is 15.4. The van der Waals surface area contributed by atoms with Gasteiger partial charge in [0, 0.05) is 23.4 Å². The first-order chi connectivity index (χ1) is 11.6. The van der Waals surface area contributed by atoms with Crippen molar-refractivity contribution in [3.8, 4) is 11.1 Å². The number of aromatic nitrogens is 3. The van der Waals surface area contributed by atoms with Crippen LogP contribution in [0.15, 0.2) is 18.3 Å². The van der Waals surface area contributed by atoms with Crippen molar-refractivity contribution >= 4 is 11.8 Å². The summed E-state index contributed by atoms with van der Waals surface area (Å²) in [5.41, 5.74) is 8.61. The van der Waals surface area contributed by atoms with Crippen LogP contribution in [0, 0.1) is 12.8 Å². The highest BCUT2D eigenvalue weighted by atomic mass is 16.5. The fourth-order valence-corrected chi connectivity index (χ4v) is 3.45. The van der Waals surface area contributed by atoms with Crippen LogP contribution in [0.2, 0.25) is 0 Å². The van der Waals surface area contributed by atoms with Gasteiger partial charge in [-0.1, -0.05) is 19.3 Å². The summed E-state index contributed by atoms with van der Waals surface area (Å²) >= 11 is 0. The number of hydrogen-bond donors (Lipinski definition) is 1. The Kier molecular flexibility index (Phi) is 4.83. The molecule has 1 fully saturated rings. The molecule has 2 N–H and O–H groups in total. The molecular weight excluding hydrogens is 304 g/mol. The van der Waals surface area contributed by atoms with Crippen LogP contribution in [-0.4, -0.2) is 27.8 Å². The van der Waals surface area contributed by atoms with Gasteiger partial charge in [0.25, 0.3) is 0 Å². The third-order valence-corrected chi connectivity index (χ3v) is 4.84. The zero-order valence-corrected chi connectivity index (χ0v) is 14.3. The summed E-state index contributed by atoms with van der Waals surface area (Å²) in [5.74, 6) is 0.498. The van der Waals surface area contributed by atoms with Crippen molar-refractivity contribution in [1.29, 1.82) is 0 Å². The van der Waals surface area contributed by atoms with E-state index >= 15 is 0 Å². The van der Waals surface area contributed by atoms with Gasteiger partial charge in [-0.05, 0) is 37.8 Å². The lowest BCUT2D eigenvalue weighted by Gasteiger charge is -2.22. The molecule has 0 aromatic carbocycles. The van der Waals surface area contributed by atoms with E-state index < -0.39 is 5.97 Å².